The van der Waals surface area contributed by atoms with Gasteiger partial charge in [-0.15, -0.1) is 0 Å². The molecule has 0 radical (unpaired) electrons. The maximum absolute atomic E-state index is 12.1. The minimum absolute atomic E-state index is 0.175. The first-order valence-corrected chi connectivity index (χ1v) is 7.04. The fourth-order valence-electron chi connectivity index (χ4n) is 2.22. The van der Waals surface area contributed by atoms with Crippen molar-refractivity contribution in [1.29, 1.82) is 0 Å². The molecule has 1 aliphatic rings. The van der Waals surface area contributed by atoms with E-state index < -0.39 is 0 Å². The second-order valence-electron chi connectivity index (χ2n) is 5.79. The number of hydrogen-bond donors (Lipinski definition) is 1. The summed E-state index contributed by atoms with van der Waals surface area (Å²) in [5.41, 5.74) is 2.23. The normalized spacial score (nSPS) is 18.4. The Balaban J connectivity index is 1.83. The molecule has 0 spiro atoms. The minimum Gasteiger partial charge on any atom is -0.464 e. The minimum atomic E-state index is -0.257. The smallest absolute Gasteiger partial charge is 0.323 e. The predicted octanol–water partition coefficient (Wildman–Crippen LogP) is 2.06. The lowest BCUT2D eigenvalue weighted by Gasteiger charge is -2.26. The van der Waals surface area contributed by atoms with Gasteiger partial charge in [0.15, 0.2) is 0 Å². The van der Waals surface area contributed by atoms with Gasteiger partial charge in [0.1, 0.15) is 6.04 Å². The molecule has 0 bridgehead atoms. The Bertz CT molecular complexity index is 471. The molecular weight excluding hydrogens is 254 g/mol. The highest BCUT2D eigenvalue weighted by atomic mass is 16.5. The summed E-state index contributed by atoms with van der Waals surface area (Å²) in [6.45, 7) is 5.07. The molecule has 0 aliphatic carbocycles. The Labute approximate surface area is 120 Å². The van der Waals surface area contributed by atoms with Crippen LogP contribution in [-0.2, 0) is 27.2 Å². The van der Waals surface area contributed by atoms with E-state index in [1.54, 1.807) is 7.11 Å². The third-order valence-electron chi connectivity index (χ3n) is 3.87. The summed E-state index contributed by atoms with van der Waals surface area (Å²) in [6.07, 6.45) is 1.39. The summed E-state index contributed by atoms with van der Waals surface area (Å²) in [5, 5.41) is 3.23. The monoisotopic (exact) mass is 277 g/mol. The Hall–Kier alpha value is -1.39. The summed E-state index contributed by atoms with van der Waals surface area (Å²) in [6, 6.07) is 7.95. The predicted molar refractivity (Wildman–Crippen MR) is 77.4 cm³/mol. The lowest BCUT2D eigenvalue weighted by atomic mass is 9.96. The standard InChI is InChI=1S/C16H23NO3/c1-16(2,19-3)8-9-20-15(18)14-10-12-6-4-5-7-13(12)11-17-14/h4-7,14,17H,8-11H2,1-3H3/t14-/m0/s1. The van der Waals surface area contributed by atoms with Gasteiger partial charge in [0.05, 0.1) is 12.2 Å². The van der Waals surface area contributed by atoms with Crippen molar-refractivity contribution in [3.8, 4) is 0 Å². The van der Waals surface area contributed by atoms with Crippen LogP contribution in [0.15, 0.2) is 24.3 Å². The summed E-state index contributed by atoms with van der Waals surface area (Å²) in [5.74, 6) is -0.175. The molecule has 4 nitrogen and oxygen atoms in total. The zero-order chi connectivity index (χ0) is 14.6. The number of carbonyl (C=O) groups excluding carboxylic acids is 1. The van der Waals surface area contributed by atoms with E-state index in [9.17, 15) is 4.79 Å². The number of carbonyl (C=O) groups is 1. The third kappa shape index (κ3) is 3.81. The van der Waals surface area contributed by atoms with Crippen LogP contribution in [0, 0.1) is 0 Å². The maximum atomic E-state index is 12.1. The number of esters is 1. The van der Waals surface area contributed by atoms with Crippen LogP contribution < -0.4 is 5.32 Å². The van der Waals surface area contributed by atoms with Gasteiger partial charge >= 0.3 is 5.97 Å². The molecule has 110 valence electrons. The molecule has 2 rings (SSSR count). The van der Waals surface area contributed by atoms with E-state index in [-0.39, 0.29) is 17.6 Å². The molecule has 1 N–H and O–H groups in total. The molecule has 1 heterocycles. The van der Waals surface area contributed by atoms with Crippen molar-refractivity contribution in [3.63, 3.8) is 0 Å². The van der Waals surface area contributed by atoms with Crippen molar-refractivity contribution in [2.45, 2.75) is 44.9 Å². The van der Waals surface area contributed by atoms with Gasteiger partial charge in [0.2, 0.25) is 0 Å². The van der Waals surface area contributed by atoms with Gasteiger partial charge in [-0.3, -0.25) is 4.79 Å². The number of rotatable bonds is 5. The van der Waals surface area contributed by atoms with Gasteiger partial charge in [0, 0.05) is 20.1 Å². The SMILES string of the molecule is COC(C)(C)CCOC(=O)[C@@H]1Cc2ccccc2CN1. The van der Waals surface area contributed by atoms with E-state index in [0.717, 1.165) is 6.54 Å². The molecule has 0 saturated carbocycles. The second kappa shape index (κ2) is 6.37. The van der Waals surface area contributed by atoms with Gasteiger partial charge in [-0.05, 0) is 31.4 Å². The van der Waals surface area contributed by atoms with Crippen molar-refractivity contribution in [2.24, 2.45) is 0 Å². The van der Waals surface area contributed by atoms with E-state index in [1.165, 1.54) is 11.1 Å². The molecule has 0 unspecified atom stereocenters. The largest absolute Gasteiger partial charge is 0.464 e. The molecule has 0 saturated heterocycles. The van der Waals surface area contributed by atoms with Crippen molar-refractivity contribution < 1.29 is 14.3 Å². The van der Waals surface area contributed by atoms with Crippen LogP contribution in [-0.4, -0.2) is 31.3 Å². The van der Waals surface area contributed by atoms with Crippen molar-refractivity contribution in [2.75, 3.05) is 13.7 Å². The van der Waals surface area contributed by atoms with Crippen LogP contribution in [0.2, 0.25) is 0 Å². The molecule has 4 heteroatoms. The average Bonchev–Trinajstić information content (AvgIpc) is 2.46. The van der Waals surface area contributed by atoms with Gasteiger partial charge in [-0.1, -0.05) is 24.3 Å². The number of ether oxygens (including phenoxy) is 2. The second-order valence-corrected chi connectivity index (χ2v) is 5.79. The fraction of sp³-hybridized carbons (Fsp3) is 0.562. The topological polar surface area (TPSA) is 47.6 Å². The van der Waals surface area contributed by atoms with E-state index in [1.807, 2.05) is 26.0 Å². The number of benzene rings is 1. The van der Waals surface area contributed by atoms with Crippen molar-refractivity contribution in [1.82, 2.24) is 5.32 Å². The molecule has 1 aromatic rings. The molecule has 0 amide bonds. The molecular formula is C16H23NO3. The Morgan fingerprint density at radius 3 is 2.75 bits per heavy atom. The van der Waals surface area contributed by atoms with Crippen LogP contribution in [0.5, 0.6) is 0 Å². The Morgan fingerprint density at radius 1 is 1.35 bits per heavy atom. The first kappa shape index (κ1) is 15.0. The average molecular weight is 277 g/mol. The molecule has 0 fully saturated rings. The number of nitrogens with one attached hydrogen (secondary N) is 1. The highest BCUT2D eigenvalue weighted by Crippen LogP contribution is 2.17. The van der Waals surface area contributed by atoms with Crippen LogP contribution >= 0.6 is 0 Å². The quantitative estimate of drug-likeness (QED) is 0.837. The van der Waals surface area contributed by atoms with Gasteiger partial charge in [-0.2, -0.15) is 0 Å². The van der Waals surface area contributed by atoms with Crippen molar-refractivity contribution >= 4 is 5.97 Å². The zero-order valence-electron chi connectivity index (χ0n) is 12.4. The summed E-state index contributed by atoms with van der Waals surface area (Å²) >= 11 is 0. The van der Waals surface area contributed by atoms with E-state index >= 15 is 0 Å². The van der Waals surface area contributed by atoms with E-state index in [0.29, 0.717) is 19.4 Å². The van der Waals surface area contributed by atoms with Gasteiger partial charge in [0.25, 0.3) is 0 Å². The number of methoxy groups -OCH3 is 1. The number of fused-ring (bicyclic) bond motifs is 1. The Morgan fingerprint density at radius 2 is 2.05 bits per heavy atom. The van der Waals surface area contributed by atoms with Gasteiger partial charge in [-0.25, -0.2) is 0 Å². The van der Waals surface area contributed by atoms with E-state index in [4.69, 9.17) is 9.47 Å². The lowest BCUT2D eigenvalue weighted by molar-refractivity contribution is -0.147. The first-order chi connectivity index (χ1) is 9.52. The highest BCUT2D eigenvalue weighted by molar-refractivity contribution is 5.76. The van der Waals surface area contributed by atoms with Crippen LogP contribution in [0.3, 0.4) is 0 Å². The van der Waals surface area contributed by atoms with Crippen LogP contribution in [0.4, 0.5) is 0 Å². The summed E-state index contributed by atoms with van der Waals surface area (Å²) in [7, 11) is 1.67. The first-order valence-electron chi connectivity index (χ1n) is 7.04. The molecule has 1 atom stereocenters. The number of hydrogen-bond acceptors (Lipinski definition) is 4. The molecule has 20 heavy (non-hydrogen) atoms. The van der Waals surface area contributed by atoms with Crippen LogP contribution in [0.25, 0.3) is 0 Å². The zero-order valence-corrected chi connectivity index (χ0v) is 12.4. The maximum Gasteiger partial charge on any atom is 0.323 e. The molecule has 1 aromatic carbocycles. The van der Waals surface area contributed by atoms with Gasteiger partial charge < -0.3 is 14.8 Å². The molecule has 1 aliphatic heterocycles. The van der Waals surface area contributed by atoms with Crippen LogP contribution in [0.1, 0.15) is 31.4 Å². The summed E-state index contributed by atoms with van der Waals surface area (Å²) in [4.78, 5) is 12.1. The van der Waals surface area contributed by atoms with E-state index in [2.05, 4.69) is 17.4 Å². The fourth-order valence-corrected chi connectivity index (χ4v) is 2.22. The summed E-state index contributed by atoms with van der Waals surface area (Å²) < 4.78 is 10.7. The van der Waals surface area contributed by atoms with Crippen molar-refractivity contribution in [3.05, 3.63) is 35.4 Å². The lowest BCUT2D eigenvalue weighted by Crippen LogP contribution is -2.43. The third-order valence-corrected chi connectivity index (χ3v) is 3.87. The molecule has 0 aromatic heterocycles. The highest BCUT2D eigenvalue weighted by Gasteiger charge is 2.25. The Kier molecular flexibility index (Phi) is 4.78.